The lowest BCUT2D eigenvalue weighted by molar-refractivity contribution is 0.510. The molecule has 0 radical (unpaired) electrons. The minimum atomic E-state index is -0.942. The van der Waals surface area contributed by atoms with E-state index in [9.17, 15) is 13.2 Å². The molecule has 0 aliphatic carbocycles. The Balaban J connectivity index is 2.07. The molecule has 2 aromatic carbocycles. The molecule has 0 fully saturated rings. The van der Waals surface area contributed by atoms with Gasteiger partial charge < -0.3 is 4.57 Å². The zero-order chi connectivity index (χ0) is 13.4. The normalized spacial score (nSPS) is 11.1. The first-order valence-corrected chi connectivity index (χ1v) is 5.68. The summed E-state index contributed by atoms with van der Waals surface area (Å²) in [5.41, 5.74) is 1.24. The van der Waals surface area contributed by atoms with Crippen molar-refractivity contribution in [3.8, 4) is 0 Å². The quantitative estimate of drug-likeness (QED) is 0.691. The van der Waals surface area contributed by atoms with E-state index in [2.05, 4.69) is 4.98 Å². The first-order chi connectivity index (χ1) is 9.15. The summed E-state index contributed by atoms with van der Waals surface area (Å²) < 4.78 is 41.4. The predicted molar refractivity (Wildman–Crippen MR) is 65.2 cm³/mol. The summed E-state index contributed by atoms with van der Waals surface area (Å²) in [6, 6.07) is 8.41. The summed E-state index contributed by atoms with van der Waals surface area (Å²) >= 11 is 0. The van der Waals surface area contributed by atoms with Crippen LogP contribution in [0.1, 0.15) is 5.56 Å². The van der Waals surface area contributed by atoms with E-state index < -0.39 is 11.6 Å². The van der Waals surface area contributed by atoms with Crippen molar-refractivity contribution < 1.29 is 13.2 Å². The van der Waals surface area contributed by atoms with Crippen molar-refractivity contribution in [2.24, 2.45) is 0 Å². The number of rotatable bonds is 2. The third-order valence-corrected chi connectivity index (χ3v) is 2.96. The van der Waals surface area contributed by atoms with Crippen molar-refractivity contribution in [3.63, 3.8) is 0 Å². The Morgan fingerprint density at radius 3 is 2.47 bits per heavy atom. The van der Waals surface area contributed by atoms with Gasteiger partial charge in [0.25, 0.3) is 0 Å². The molecule has 0 unspecified atom stereocenters. The first kappa shape index (κ1) is 11.8. The maximum absolute atomic E-state index is 13.6. The van der Waals surface area contributed by atoms with Crippen molar-refractivity contribution in [3.05, 3.63) is 65.7 Å². The van der Waals surface area contributed by atoms with Crippen LogP contribution in [0.4, 0.5) is 13.2 Å². The molecule has 0 spiro atoms. The van der Waals surface area contributed by atoms with Crippen molar-refractivity contribution >= 4 is 11.0 Å². The molecular formula is C14H9F3N2. The van der Waals surface area contributed by atoms with Gasteiger partial charge in [-0.3, -0.25) is 0 Å². The minimum absolute atomic E-state index is 0.217. The van der Waals surface area contributed by atoms with Crippen LogP contribution in [0.3, 0.4) is 0 Å². The summed E-state index contributed by atoms with van der Waals surface area (Å²) in [7, 11) is 0. The fourth-order valence-electron chi connectivity index (χ4n) is 1.99. The van der Waals surface area contributed by atoms with Gasteiger partial charge in [0.1, 0.15) is 5.82 Å². The van der Waals surface area contributed by atoms with Crippen molar-refractivity contribution in [1.29, 1.82) is 0 Å². The average Bonchev–Trinajstić information content (AvgIpc) is 2.76. The molecule has 0 saturated heterocycles. The van der Waals surface area contributed by atoms with Gasteiger partial charge >= 0.3 is 0 Å². The second kappa shape index (κ2) is 4.42. The molecule has 0 aliphatic rings. The highest BCUT2D eigenvalue weighted by Crippen LogP contribution is 2.19. The van der Waals surface area contributed by atoms with Gasteiger partial charge in [0.2, 0.25) is 0 Å². The Bertz CT molecular complexity index is 750. The molecule has 3 aromatic rings. The number of fused-ring (bicyclic) bond motifs is 1. The fraction of sp³-hybridized carbons (Fsp3) is 0.0714. The Morgan fingerprint density at radius 1 is 0.947 bits per heavy atom. The van der Waals surface area contributed by atoms with Crippen LogP contribution in [0.5, 0.6) is 0 Å². The van der Waals surface area contributed by atoms with E-state index in [-0.39, 0.29) is 12.4 Å². The molecule has 0 amide bonds. The van der Waals surface area contributed by atoms with E-state index in [0.29, 0.717) is 16.6 Å². The van der Waals surface area contributed by atoms with Crippen LogP contribution < -0.4 is 0 Å². The van der Waals surface area contributed by atoms with Gasteiger partial charge in [0, 0.05) is 17.7 Å². The molecule has 5 heteroatoms. The number of hydrogen-bond donors (Lipinski definition) is 0. The van der Waals surface area contributed by atoms with Gasteiger partial charge in [-0.2, -0.15) is 0 Å². The Labute approximate surface area is 107 Å². The molecule has 0 aliphatic heterocycles. The van der Waals surface area contributed by atoms with Crippen LogP contribution in [0, 0.1) is 17.5 Å². The predicted octanol–water partition coefficient (Wildman–Crippen LogP) is 3.50. The van der Waals surface area contributed by atoms with Gasteiger partial charge in [-0.05, 0) is 6.07 Å². The molecule has 19 heavy (non-hydrogen) atoms. The molecule has 96 valence electrons. The average molecular weight is 262 g/mol. The Hall–Kier alpha value is -2.30. The van der Waals surface area contributed by atoms with E-state index in [0.717, 1.165) is 12.1 Å². The summed E-state index contributed by atoms with van der Waals surface area (Å²) in [6.07, 6.45) is 1.44. The number of imidazole rings is 1. The van der Waals surface area contributed by atoms with E-state index >= 15 is 0 Å². The molecule has 0 atom stereocenters. The standard InChI is InChI=1S/C14H9F3N2/c15-10-4-2-1-3-9(10)7-19-8-18-13-5-11(16)12(17)6-14(13)19/h1-6,8H,7H2. The highest BCUT2D eigenvalue weighted by atomic mass is 19.2. The van der Waals surface area contributed by atoms with Crippen LogP contribution in [-0.4, -0.2) is 9.55 Å². The summed E-state index contributed by atoms with van der Waals surface area (Å²) in [6.45, 7) is 0.217. The molecular weight excluding hydrogens is 253 g/mol. The number of aromatic nitrogens is 2. The highest BCUT2D eigenvalue weighted by molar-refractivity contribution is 5.75. The fourth-order valence-corrected chi connectivity index (χ4v) is 1.99. The van der Waals surface area contributed by atoms with Gasteiger partial charge in [0.15, 0.2) is 11.6 Å². The summed E-state index contributed by atoms with van der Waals surface area (Å²) in [5, 5.41) is 0. The molecule has 2 nitrogen and oxygen atoms in total. The first-order valence-electron chi connectivity index (χ1n) is 5.68. The largest absolute Gasteiger partial charge is 0.326 e. The second-order valence-electron chi connectivity index (χ2n) is 4.22. The van der Waals surface area contributed by atoms with E-state index in [1.807, 2.05) is 0 Å². The van der Waals surface area contributed by atoms with E-state index in [1.165, 1.54) is 12.4 Å². The van der Waals surface area contributed by atoms with Gasteiger partial charge in [-0.25, -0.2) is 18.2 Å². The number of benzene rings is 2. The van der Waals surface area contributed by atoms with Crippen LogP contribution in [0.25, 0.3) is 11.0 Å². The summed E-state index contributed by atoms with van der Waals surface area (Å²) in [4.78, 5) is 3.98. The van der Waals surface area contributed by atoms with Gasteiger partial charge in [-0.15, -0.1) is 0 Å². The van der Waals surface area contributed by atoms with Crippen molar-refractivity contribution in [1.82, 2.24) is 9.55 Å². The molecule has 1 heterocycles. The number of halogens is 3. The lowest BCUT2D eigenvalue weighted by atomic mass is 10.2. The van der Waals surface area contributed by atoms with E-state index in [1.54, 1.807) is 22.8 Å². The van der Waals surface area contributed by atoms with Crippen LogP contribution >= 0.6 is 0 Å². The maximum Gasteiger partial charge on any atom is 0.161 e. The summed E-state index contributed by atoms with van der Waals surface area (Å²) in [5.74, 6) is -2.22. The third-order valence-electron chi connectivity index (χ3n) is 2.96. The molecule has 3 rings (SSSR count). The molecule has 1 aromatic heterocycles. The third kappa shape index (κ3) is 2.07. The van der Waals surface area contributed by atoms with Gasteiger partial charge in [0.05, 0.1) is 23.9 Å². The smallest absolute Gasteiger partial charge is 0.161 e. The minimum Gasteiger partial charge on any atom is -0.326 e. The number of hydrogen-bond acceptors (Lipinski definition) is 1. The molecule has 0 N–H and O–H groups in total. The van der Waals surface area contributed by atoms with Gasteiger partial charge in [-0.1, -0.05) is 18.2 Å². The lowest BCUT2D eigenvalue weighted by Crippen LogP contribution is -2.00. The zero-order valence-electron chi connectivity index (χ0n) is 9.78. The topological polar surface area (TPSA) is 17.8 Å². The SMILES string of the molecule is Fc1cc2ncn(Cc3ccccc3F)c2cc1F. The monoisotopic (exact) mass is 262 g/mol. The molecule has 0 saturated carbocycles. The maximum atomic E-state index is 13.6. The second-order valence-corrected chi connectivity index (χ2v) is 4.22. The number of nitrogens with zero attached hydrogens (tertiary/aromatic N) is 2. The Morgan fingerprint density at radius 2 is 1.68 bits per heavy atom. The van der Waals surface area contributed by atoms with Crippen molar-refractivity contribution in [2.75, 3.05) is 0 Å². The highest BCUT2D eigenvalue weighted by Gasteiger charge is 2.10. The van der Waals surface area contributed by atoms with Crippen molar-refractivity contribution in [2.45, 2.75) is 6.54 Å². The van der Waals surface area contributed by atoms with E-state index in [4.69, 9.17) is 0 Å². The van der Waals surface area contributed by atoms with Crippen LogP contribution in [0.2, 0.25) is 0 Å². The van der Waals surface area contributed by atoms with Crippen LogP contribution in [-0.2, 0) is 6.54 Å². The molecule has 0 bridgehead atoms. The zero-order valence-corrected chi connectivity index (χ0v) is 9.78. The lowest BCUT2D eigenvalue weighted by Gasteiger charge is -2.05. The Kier molecular flexibility index (Phi) is 2.74. The van der Waals surface area contributed by atoms with Crippen LogP contribution in [0.15, 0.2) is 42.7 Å².